The van der Waals surface area contributed by atoms with E-state index in [-0.39, 0.29) is 0 Å². The largest absolute Gasteiger partial charge is 0.473 e. The number of hydrogen-bond donors (Lipinski definition) is 2. The summed E-state index contributed by atoms with van der Waals surface area (Å²) >= 11 is 3.54. The number of rotatable bonds is 0. The third kappa shape index (κ3) is 23.1. The van der Waals surface area contributed by atoms with Gasteiger partial charge in [0.1, 0.15) is 11.2 Å². The average molecular weight is 1640 g/mol. The molecule has 11 nitrogen and oxygen atoms in total. The van der Waals surface area contributed by atoms with Crippen molar-refractivity contribution in [1.82, 2.24) is 39.9 Å². The molecule has 0 atom stereocenters. The predicted molar refractivity (Wildman–Crippen MR) is 523 cm³/mol. The van der Waals surface area contributed by atoms with Crippen LogP contribution in [0.15, 0.2) is 486 Å². The van der Waals surface area contributed by atoms with Gasteiger partial charge in [-0.3, -0.25) is 29.9 Å². The van der Waals surface area contributed by atoms with Gasteiger partial charge in [-0.15, -0.1) is 11.3 Å². The van der Waals surface area contributed by atoms with E-state index in [9.17, 15) is 0 Å². The summed E-state index contributed by atoms with van der Waals surface area (Å²) in [6, 6.07) is 120. The highest BCUT2D eigenvalue weighted by Gasteiger charge is 2.12. The van der Waals surface area contributed by atoms with Crippen molar-refractivity contribution in [2.45, 2.75) is 26.7 Å². The molecule has 13 heteroatoms. The molecule has 11 aromatic heterocycles. The summed E-state index contributed by atoms with van der Waals surface area (Å²) in [5.74, 6) is 0. The number of para-hydroxylation sites is 6. The van der Waals surface area contributed by atoms with Crippen molar-refractivity contribution >= 4 is 174 Å². The fourth-order valence-electron chi connectivity index (χ4n) is 13.8. The fourth-order valence-corrected chi connectivity index (χ4v) is 15.2. The Labute approximate surface area is 722 Å². The van der Waals surface area contributed by atoms with Gasteiger partial charge in [0.15, 0.2) is 0 Å². The molecule has 2 N–H and O–H groups in total. The molecule has 26 rings (SSSR count). The van der Waals surface area contributed by atoms with Gasteiger partial charge in [0.25, 0.3) is 0 Å². The number of pyridine rings is 2. The van der Waals surface area contributed by atoms with E-state index in [0.29, 0.717) is 0 Å². The van der Waals surface area contributed by atoms with Crippen LogP contribution in [0, 0.1) is 0 Å². The van der Waals surface area contributed by atoms with E-state index in [2.05, 4.69) is 312 Å². The minimum absolute atomic E-state index is 0.949. The van der Waals surface area contributed by atoms with Gasteiger partial charge in [0, 0.05) is 136 Å². The zero-order valence-electron chi connectivity index (χ0n) is 68.2. The van der Waals surface area contributed by atoms with Crippen LogP contribution in [0.5, 0.6) is 0 Å². The van der Waals surface area contributed by atoms with Crippen molar-refractivity contribution in [3.63, 3.8) is 0 Å². The van der Waals surface area contributed by atoms with E-state index in [1.807, 2.05) is 156 Å². The zero-order valence-corrected chi connectivity index (χ0v) is 69.8. The summed E-state index contributed by atoms with van der Waals surface area (Å²) in [4.78, 5) is 30.7. The summed E-state index contributed by atoms with van der Waals surface area (Å²) in [5.41, 5.74) is 9.68. The van der Waals surface area contributed by atoms with E-state index in [1.165, 1.54) is 125 Å². The number of H-pyrrole nitrogens is 2. The molecule has 25 aromatic rings. The maximum atomic E-state index is 5.64. The molecular weight excluding hydrogens is 1550 g/mol. The molecule has 0 aliphatic heterocycles. The third-order valence-corrected chi connectivity index (χ3v) is 20.9. The fraction of sp³-hybridized carbons (Fsp3) is 0.0364. The van der Waals surface area contributed by atoms with Gasteiger partial charge >= 0.3 is 0 Å². The Balaban J connectivity index is 0.000000112. The maximum absolute atomic E-state index is 5.64. The summed E-state index contributed by atoms with van der Waals surface area (Å²) in [7, 11) is 0. The minimum atomic E-state index is 0.949. The van der Waals surface area contributed by atoms with Gasteiger partial charge in [-0.1, -0.05) is 299 Å². The molecule has 11 heterocycles. The zero-order chi connectivity index (χ0) is 83.9. The van der Waals surface area contributed by atoms with E-state index in [0.717, 1.165) is 39.5 Å². The Kier molecular flexibility index (Phi) is 31.0. The Morgan fingerprint density at radius 1 is 0.276 bits per heavy atom. The van der Waals surface area contributed by atoms with Crippen LogP contribution in [-0.4, -0.2) is 39.9 Å². The number of furan rings is 3. The first kappa shape index (κ1) is 83.9. The Morgan fingerprint density at radius 2 is 0.675 bits per heavy atom. The SMILES string of the molecule is C1=CCC=C1.CCC.c1ccc2c(c1)[nH]c1cc3c(cc12)[nH]c1ccccc13.c1ccc2c(c1)c1ccccc1c1occc21.c1ccc2c(c1)c1ccccc1c1sccc21.c1ccc2ccccc2c1.c1ccc2ncccc2c1.c1ccc2nccnc2c1.c1ccc2occc2c1.c1ccncc1.c1ccoc1.c1ccsc1.c1cnccn1. The molecule has 1 aliphatic carbocycles. The lowest BCUT2D eigenvalue weighted by molar-refractivity contribution is 0.567. The summed E-state index contributed by atoms with van der Waals surface area (Å²) in [6.45, 7) is 4.25. The molecule has 0 amide bonds. The molecule has 0 radical (unpaired) electrons. The van der Waals surface area contributed by atoms with Crippen molar-refractivity contribution in [2.24, 2.45) is 0 Å². The quantitative estimate of drug-likeness (QED) is 0.142. The molecule has 0 saturated carbocycles. The van der Waals surface area contributed by atoms with E-state index in [1.54, 1.807) is 86.0 Å². The average Bonchev–Trinajstić information content (AvgIpc) is 1.57. The molecule has 0 unspecified atom stereocenters. The highest BCUT2D eigenvalue weighted by molar-refractivity contribution is 7.18. The van der Waals surface area contributed by atoms with Crippen molar-refractivity contribution < 1.29 is 13.3 Å². The number of benzene rings is 14. The smallest absolute Gasteiger partial charge is 0.142 e. The van der Waals surface area contributed by atoms with Crippen molar-refractivity contribution in [1.29, 1.82) is 0 Å². The first-order chi connectivity index (χ1) is 61.1. The lowest BCUT2D eigenvalue weighted by Crippen LogP contribution is -1.78. The number of nitrogens with zero attached hydrogens (tertiary/aromatic N) is 6. The Morgan fingerprint density at radius 3 is 1.12 bits per heavy atom. The van der Waals surface area contributed by atoms with Crippen LogP contribution in [0.4, 0.5) is 0 Å². The normalized spacial score (nSPS) is 10.6. The van der Waals surface area contributed by atoms with Gasteiger partial charge in [0.2, 0.25) is 0 Å². The van der Waals surface area contributed by atoms with Crippen LogP contribution in [-0.2, 0) is 0 Å². The number of aromatic nitrogens is 8. The van der Waals surface area contributed by atoms with Gasteiger partial charge in [-0.2, -0.15) is 11.3 Å². The van der Waals surface area contributed by atoms with Crippen LogP contribution < -0.4 is 0 Å². The molecule has 0 fully saturated rings. The third-order valence-electron chi connectivity index (χ3n) is 19.3. The number of thiophene rings is 2. The number of aromatic amines is 2. The summed E-state index contributed by atoms with van der Waals surface area (Å²) in [6.07, 6.45) is 32.7. The van der Waals surface area contributed by atoms with E-state index in [4.69, 9.17) is 8.83 Å². The van der Waals surface area contributed by atoms with Crippen molar-refractivity contribution in [2.75, 3.05) is 0 Å². The molecule has 1 aliphatic rings. The number of allylic oxidation sites excluding steroid dienone is 4. The van der Waals surface area contributed by atoms with Crippen molar-refractivity contribution in [3.05, 3.63) is 473 Å². The van der Waals surface area contributed by atoms with Crippen molar-refractivity contribution in [3.8, 4) is 0 Å². The molecule has 600 valence electrons. The second-order valence-corrected chi connectivity index (χ2v) is 29.4. The highest BCUT2D eigenvalue weighted by atomic mass is 32.1. The predicted octanol–water partition coefficient (Wildman–Crippen LogP) is 31.5. The first-order valence-electron chi connectivity index (χ1n) is 40.6. The second-order valence-electron chi connectivity index (χ2n) is 27.6. The van der Waals surface area contributed by atoms with Crippen LogP contribution in [0.2, 0.25) is 0 Å². The molecule has 0 spiro atoms. The maximum Gasteiger partial charge on any atom is 0.142 e. The lowest BCUT2D eigenvalue weighted by atomic mass is 9.99. The molecule has 0 saturated heterocycles. The molecular formula is C110H90N8O3S2. The van der Waals surface area contributed by atoms with Gasteiger partial charge in [0.05, 0.1) is 41.6 Å². The molecule has 0 bridgehead atoms. The molecule has 123 heavy (non-hydrogen) atoms. The van der Waals surface area contributed by atoms with Crippen LogP contribution in [0.3, 0.4) is 0 Å². The van der Waals surface area contributed by atoms with Gasteiger partial charge < -0.3 is 23.2 Å². The standard InChI is InChI=1S/C18H12N2.C16H10O.C16H10S.C10H8.C9H7N.C8H6N2.C8H6O.C5H5N.C5H6.C4H4N2.C4H4O.C4H4S.C3H8/c1-3-7-15-11(5-1)13-9-18-14(10-17(13)19-15)12-6-2-4-8-16(12)20-18;2*1-2-7-13-11(5-1)12-6-3-4-8-14(12)16-15(13)9-10-17-16;1-2-6-10-8-4-3-7-9(10)5-1;1-2-6-9-8(4-1)5-3-7-10-9;1-2-4-8-7(3-1)9-5-6-10-8;1-2-4-8-7(3-1)5-6-9-8;1-2-4-6-5-3-1;1-2-4-5-3-1;1-2-6-4-3-5-1;2*1-2-4-5-3-1;1-3-2/h1-10,19-20H;2*1-10H;1-8H;1-7H;1-6H;1-6H;1-5H;1-4H,5H2;1-4H;2*1-4H;3H2,1-2H3. The summed E-state index contributed by atoms with van der Waals surface area (Å²) < 4.78 is 16.7. The Bertz CT molecular complexity index is 6540. The van der Waals surface area contributed by atoms with Crippen LogP contribution >= 0.6 is 22.7 Å². The molecule has 14 aromatic carbocycles. The van der Waals surface area contributed by atoms with Crippen LogP contribution in [0.1, 0.15) is 26.7 Å². The van der Waals surface area contributed by atoms with E-state index < -0.39 is 0 Å². The topological polar surface area (TPSA) is 148 Å². The minimum Gasteiger partial charge on any atom is -0.473 e. The van der Waals surface area contributed by atoms with Gasteiger partial charge in [-0.25, -0.2) is 0 Å². The number of nitrogens with one attached hydrogen (secondary N) is 2. The number of fused-ring (bicyclic) bond motifs is 22. The Hall–Kier alpha value is -15.5. The van der Waals surface area contributed by atoms with Gasteiger partial charge in [-0.05, 0) is 163 Å². The highest BCUT2D eigenvalue weighted by Crippen LogP contribution is 2.39. The van der Waals surface area contributed by atoms with Crippen LogP contribution in [0.25, 0.3) is 151 Å². The number of hydrogen-bond acceptors (Lipinski definition) is 11. The summed E-state index contributed by atoms with van der Waals surface area (Å²) in [5, 5.41) is 29.4. The van der Waals surface area contributed by atoms with E-state index >= 15 is 0 Å². The monoisotopic (exact) mass is 1630 g/mol. The lowest BCUT2D eigenvalue weighted by Gasteiger charge is -2.06. The second kappa shape index (κ2) is 45.4. The first-order valence-corrected chi connectivity index (χ1v) is 42.5.